The topological polar surface area (TPSA) is 58.8 Å². The van der Waals surface area contributed by atoms with Crippen LogP contribution in [0, 0.1) is 0 Å². The Balaban J connectivity index is 2.12. The van der Waals surface area contributed by atoms with Crippen LogP contribution in [0.2, 0.25) is 0 Å². The molecule has 1 saturated heterocycles. The summed E-state index contributed by atoms with van der Waals surface area (Å²) in [6.45, 7) is 5.58. The van der Waals surface area contributed by atoms with Gasteiger partial charge in [0.25, 0.3) is 0 Å². The van der Waals surface area contributed by atoms with Gasteiger partial charge in [-0.25, -0.2) is 4.79 Å². The number of nitrogens with two attached hydrogens (primary N) is 1. The second kappa shape index (κ2) is 6.80. The molecule has 116 valence electrons. The van der Waals surface area contributed by atoms with Crippen LogP contribution in [0.5, 0.6) is 0 Å². The number of nitrogen functional groups attached to an aromatic ring is 1. The number of piperidine rings is 1. The first-order valence-electron chi connectivity index (χ1n) is 7.49. The minimum Gasteiger partial charge on any atom is -0.465 e. The van der Waals surface area contributed by atoms with E-state index in [1.54, 1.807) is 6.07 Å². The molecule has 1 fully saturated rings. The summed E-state index contributed by atoms with van der Waals surface area (Å²) < 4.78 is 4.78. The molecular weight excluding hydrogens is 266 g/mol. The average Bonchev–Trinajstić information content (AvgIpc) is 2.54. The lowest BCUT2D eigenvalue weighted by molar-refractivity contribution is 0.0602. The number of ether oxygens (including phenoxy) is 1. The lowest BCUT2D eigenvalue weighted by Crippen LogP contribution is -2.43. The number of esters is 1. The summed E-state index contributed by atoms with van der Waals surface area (Å²) in [6, 6.07) is 6.07. The van der Waals surface area contributed by atoms with Gasteiger partial charge in [-0.3, -0.25) is 0 Å². The van der Waals surface area contributed by atoms with E-state index in [0.717, 1.165) is 38.2 Å². The second-order valence-electron chi connectivity index (χ2n) is 5.54. The average molecular weight is 291 g/mol. The summed E-state index contributed by atoms with van der Waals surface area (Å²) in [5.74, 6) is -0.386. The van der Waals surface area contributed by atoms with Crippen LogP contribution in [-0.2, 0) is 4.74 Å². The Bertz CT molecular complexity index is 496. The van der Waals surface area contributed by atoms with Gasteiger partial charge >= 0.3 is 5.97 Å². The molecule has 1 heterocycles. The number of nitrogens with zero attached hydrogens (tertiary/aromatic N) is 2. The van der Waals surface area contributed by atoms with Crippen molar-refractivity contribution in [2.75, 3.05) is 44.4 Å². The lowest BCUT2D eigenvalue weighted by atomic mass is 10.0. The zero-order valence-corrected chi connectivity index (χ0v) is 13.1. The summed E-state index contributed by atoms with van der Waals surface area (Å²) in [4.78, 5) is 16.5. The highest BCUT2D eigenvalue weighted by molar-refractivity contribution is 5.96. The molecule has 0 unspecified atom stereocenters. The standard InChI is InChI=1S/C16H25N3O2/c1-4-19-9-7-12(8-10-19)18(2)13-5-6-15(17)14(11-13)16(20)21-3/h5-6,11-12H,4,7-10,17H2,1-3H3. The van der Waals surface area contributed by atoms with Crippen molar-refractivity contribution in [1.29, 1.82) is 0 Å². The van der Waals surface area contributed by atoms with Crippen LogP contribution < -0.4 is 10.6 Å². The molecule has 2 rings (SSSR count). The fourth-order valence-electron chi connectivity index (χ4n) is 2.88. The van der Waals surface area contributed by atoms with E-state index in [-0.39, 0.29) is 5.97 Å². The van der Waals surface area contributed by atoms with Crippen LogP contribution >= 0.6 is 0 Å². The Morgan fingerprint density at radius 3 is 2.67 bits per heavy atom. The van der Waals surface area contributed by atoms with Gasteiger partial charge in [-0.05, 0) is 37.6 Å². The van der Waals surface area contributed by atoms with Crippen LogP contribution in [0.1, 0.15) is 30.1 Å². The third-order valence-corrected chi connectivity index (χ3v) is 4.40. The fraction of sp³-hybridized carbons (Fsp3) is 0.562. The molecule has 1 aromatic carbocycles. The molecule has 0 amide bonds. The van der Waals surface area contributed by atoms with Crippen LogP contribution in [0.15, 0.2) is 18.2 Å². The number of benzene rings is 1. The summed E-state index contributed by atoms with van der Waals surface area (Å²) in [6.07, 6.45) is 2.28. The molecule has 0 aliphatic carbocycles. The summed E-state index contributed by atoms with van der Waals surface area (Å²) in [5.41, 5.74) is 7.76. The zero-order valence-electron chi connectivity index (χ0n) is 13.1. The number of likely N-dealkylation sites (tertiary alicyclic amines) is 1. The molecule has 1 aliphatic rings. The predicted octanol–water partition coefficient (Wildman–Crippen LogP) is 1.98. The molecule has 0 bridgehead atoms. The largest absolute Gasteiger partial charge is 0.465 e. The van der Waals surface area contributed by atoms with E-state index in [2.05, 4.69) is 23.8 Å². The van der Waals surface area contributed by atoms with Crippen molar-refractivity contribution in [2.24, 2.45) is 0 Å². The van der Waals surface area contributed by atoms with E-state index in [1.807, 2.05) is 12.1 Å². The van der Waals surface area contributed by atoms with Crippen LogP contribution in [0.4, 0.5) is 11.4 Å². The number of carbonyl (C=O) groups is 1. The van der Waals surface area contributed by atoms with Crippen molar-refractivity contribution >= 4 is 17.3 Å². The summed E-state index contributed by atoms with van der Waals surface area (Å²) in [7, 11) is 3.46. The van der Waals surface area contributed by atoms with Gasteiger partial charge in [0.2, 0.25) is 0 Å². The number of hydrogen-bond donors (Lipinski definition) is 1. The maximum atomic E-state index is 11.7. The highest BCUT2D eigenvalue weighted by atomic mass is 16.5. The molecule has 0 spiro atoms. The van der Waals surface area contributed by atoms with Crippen LogP contribution in [0.25, 0.3) is 0 Å². The van der Waals surface area contributed by atoms with Crippen molar-refractivity contribution in [1.82, 2.24) is 4.90 Å². The van der Waals surface area contributed by atoms with E-state index in [9.17, 15) is 4.79 Å². The van der Waals surface area contributed by atoms with Gasteiger partial charge < -0.3 is 20.3 Å². The number of hydrogen-bond acceptors (Lipinski definition) is 5. The van der Waals surface area contributed by atoms with E-state index < -0.39 is 0 Å². The van der Waals surface area contributed by atoms with Gasteiger partial charge in [0.15, 0.2) is 0 Å². The molecule has 1 aliphatic heterocycles. The van der Waals surface area contributed by atoms with Gasteiger partial charge in [-0.1, -0.05) is 6.92 Å². The number of rotatable bonds is 4. The Kier molecular flexibility index (Phi) is 5.07. The first kappa shape index (κ1) is 15.6. The molecular formula is C16H25N3O2. The smallest absolute Gasteiger partial charge is 0.340 e. The lowest BCUT2D eigenvalue weighted by Gasteiger charge is -2.37. The predicted molar refractivity (Wildman–Crippen MR) is 85.7 cm³/mol. The van der Waals surface area contributed by atoms with Crippen molar-refractivity contribution in [3.8, 4) is 0 Å². The molecule has 0 atom stereocenters. The quantitative estimate of drug-likeness (QED) is 0.679. The van der Waals surface area contributed by atoms with Gasteiger partial charge in [-0.15, -0.1) is 0 Å². The minimum absolute atomic E-state index is 0.386. The molecule has 21 heavy (non-hydrogen) atoms. The van der Waals surface area contributed by atoms with Gasteiger partial charge in [-0.2, -0.15) is 0 Å². The molecule has 1 aromatic rings. The van der Waals surface area contributed by atoms with Crippen LogP contribution in [0.3, 0.4) is 0 Å². The Morgan fingerprint density at radius 2 is 2.10 bits per heavy atom. The Hall–Kier alpha value is -1.75. The fourth-order valence-corrected chi connectivity index (χ4v) is 2.88. The summed E-state index contributed by atoms with van der Waals surface area (Å²) >= 11 is 0. The molecule has 0 radical (unpaired) electrons. The maximum Gasteiger partial charge on any atom is 0.340 e. The third-order valence-electron chi connectivity index (χ3n) is 4.40. The molecule has 5 heteroatoms. The third kappa shape index (κ3) is 3.47. The second-order valence-corrected chi connectivity index (χ2v) is 5.54. The molecule has 5 nitrogen and oxygen atoms in total. The normalized spacial score (nSPS) is 16.7. The van der Waals surface area contributed by atoms with E-state index in [0.29, 0.717) is 17.3 Å². The first-order valence-corrected chi connectivity index (χ1v) is 7.49. The molecule has 0 saturated carbocycles. The van der Waals surface area contributed by atoms with E-state index in [1.165, 1.54) is 7.11 Å². The van der Waals surface area contributed by atoms with Gasteiger partial charge in [0.05, 0.1) is 12.7 Å². The SMILES string of the molecule is CCN1CCC(N(C)c2ccc(N)c(C(=O)OC)c2)CC1. The minimum atomic E-state index is -0.386. The van der Waals surface area contributed by atoms with Crippen LogP contribution in [-0.4, -0.2) is 50.7 Å². The zero-order chi connectivity index (χ0) is 15.4. The number of anilines is 2. The van der Waals surface area contributed by atoms with E-state index in [4.69, 9.17) is 10.5 Å². The monoisotopic (exact) mass is 291 g/mol. The highest BCUT2D eigenvalue weighted by Crippen LogP contribution is 2.26. The Morgan fingerprint density at radius 1 is 1.43 bits per heavy atom. The maximum absolute atomic E-state index is 11.7. The first-order chi connectivity index (χ1) is 10.1. The number of methoxy groups -OCH3 is 1. The van der Waals surface area contributed by atoms with E-state index >= 15 is 0 Å². The molecule has 2 N–H and O–H groups in total. The Labute approximate surface area is 126 Å². The molecule has 0 aromatic heterocycles. The highest BCUT2D eigenvalue weighted by Gasteiger charge is 2.22. The van der Waals surface area contributed by atoms with Crippen molar-refractivity contribution in [3.63, 3.8) is 0 Å². The van der Waals surface area contributed by atoms with Crippen molar-refractivity contribution in [2.45, 2.75) is 25.8 Å². The summed E-state index contributed by atoms with van der Waals surface area (Å²) in [5, 5.41) is 0. The van der Waals surface area contributed by atoms with Gasteiger partial charge in [0.1, 0.15) is 0 Å². The van der Waals surface area contributed by atoms with Crippen molar-refractivity contribution < 1.29 is 9.53 Å². The number of carbonyl (C=O) groups excluding carboxylic acids is 1. The van der Waals surface area contributed by atoms with Gasteiger partial charge in [0, 0.05) is 37.6 Å². The van der Waals surface area contributed by atoms with Crippen molar-refractivity contribution in [3.05, 3.63) is 23.8 Å².